The van der Waals surface area contributed by atoms with Crippen molar-refractivity contribution in [1.82, 2.24) is 29.5 Å². The summed E-state index contributed by atoms with van der Waals surface area (Å²) in [5, 5.41) is 9.77. The van der Waals surface area contributed by atoms with Crippen LogP contribution in [0.4, 0.5) is 35.2 Å². The maximum atomic E-state index is 13.4. The first-order valence-electron chi connectivity index (χ1n) is 14.2. The van der Waals surface area contributed by atoms with E-state index in [-0.39, 0.29) is 17.4 Å². The second kappa shape index (κ2) is 11.8. The van der Waals surface area contributed by atoms with Crippen LogP contribution in [0.5, 0.6) is 11.8 Å². The third-order valence-corrected chi connectivity index (χ3v) is 7.34. The number of pyridine rings is 1. The normalized spacial score (nSPS) is 12.9. The van der Waals surface area contributed by atoms with Crippen LogP contribution < -0.4 is 20.3 Å². The molecule has 2 amide bonds. The van der Waals surface area contributed by atoms with Crippen molar-refractivity contribution in [3.63, 3.8) is 0 Å². The van der Waals surface area contributed by atoms with Crippen molar-refractivity contribution in [2.24, 2.45) is 0 Å². The summed E-state index contributed by atoms with van der Waals surface area (Å²) in [7, 11) is 0. The quantitative estimate of drug-likeness (QED) is 0.197. The highest BCUT2D eigenvalue weighted by molar-refractivity contribution is 6.02. The average molecular weight is 624 g/mol. The number of hydrogen-bond acceptors (Lipinski definition) is 8. The Kier molecular flexibility index (Phi) is 7.36. The molecular weight excluding hydrogens is 599 g/mol. The zero-order valence-electron chi connectivity index (χ0n) is 23.9. The van der Waals surface area contributed by atoms with Crippen molar-refractivity contribution in [1.29, 1.82) is 0 Å². The molecule has 4 aromatic heterocycles. The number of benzene rings is 2. The number of halogens is 3. The molecule has 6 aromatic rings. The summed E-state index contributed by atoms with van der Waals surface area (Å²) in [5.41, 5.74) is 2.65. The largest absolute Gasteiger partial charge is 0.424 e. The topological polar surface area (TPSA) is 122 Å². The van der Waals surface area contributed by atoms with Crippen LogP contribution in [0.25, 0.3) is 28.0 Å². The van der Waals surface area contributed by atoms with E-state index < -0.39 is 17.8 Å². The van der Waals surface area contributed by atoms with E-state index in [1.165, 1.54) is 24.7 Å². The van der Waals surface area contributed by atoms with Crippen molar-refractivity contribution in [2.75, 3.05) is 28.6 Å². The zero-order chi connectivity index (χ0) is 31.7. The van der Waals surface area contributed by atoms with Gasteiger partial charge in [0.25, 0.3) is 0 Å². The van der Waals surface area contributed by atoms with Gasteiger partial charge in [-0.15, -0.1) is 5.10 Å². The summed E-state index contributed by atoms with van der Waals surface area (Å²) in [4.78, 5) is 31.7. The Morgan fingerprint density at radius 3 is 2.35 bits per heavy atom. The number of amides is 2. The molecule has 2 aromatic carbocycles. The molecule has 230 valence electrons. The van der Waals surface area contributed by atoms with Crippen molar-refractivity contribution >= 4 is 28.9 Å². The zero-order valence-corrected chi connectivity index (χ0v) is 23.9. The molecule has 0 spiro atoms. The molecule has 7 rings (SSSR count). The van der Waals surface area contributed by atoms with Crippen LogP contribution in [-0.4, -0.2) is 48.7 Å². The van der Waals surface area contributed by atoms with Gasteiger partial charge in [0, 0.05) is 42.2 Å². The number of hydrogen-bond donors (Lipinski definition) is 2. The van der Waals surface area contributed by atoms with Gasteiger partial charge in [-0.25, -0.2) is 24.3 Å². The van der Waals surface area contributed by atoms with Gasteiger partial charge in [0.05, 0.1) is 41.2 Å². The number of anilines is 3. The maximum absolute atomic E-state index is 13.4. The molecule has 1 saturated heterocycles. The molecule has 0 bridgehead atoms. The van der Waals surface area contributed by atoms with Gasteiger partial charge < -0.3 is 20.3 Å². The Hall–Kier alpha value is -6.05. The maximum Gasteiger partial charge on any atom is 0.416 e. The molecule has 0 atom stereocenters. The van der Waals surface area contributed by atoms with Gasteiger partial charge >= 0.3 is 18.2 Å². The van der Waals surface area contributed by atoms with Crippen LogP contribution in [0.2, 0.25) is 0 Å². The molecule has 46 heavy (non-hydrogen) atoms. The first kappa shape index (κ1) is 28.7. The van der Waals surface area contributed by atoms with Gasteiger partial charge in [-0.2, -0.15) is 13.2 Å². The predicted octanol–water partition coefficient (Wildman–Crippen LogP) is 6.91. The van der Waals surface area contributed by atoms with E-state index in [4.69, 9.17) is 9.84 Å². The molecule has 5 heterocycles. The molecule has 1 aliphatic heterocycles. The Morgan fingerprint density at radius 1 is 0.848 bits per heavy atom. The SMILES string of the molecule is O=C(Nc1cnc(Oc2ccc(-c3cnc4ccc(N5CCC5)nn34)cc2)nc1)Nc1cc(C(F)(F)F)ccc1-c1cccnc1. The first-order chi connectivity index (χ1) is 22.3. The second-order valence-corrected chi connectivity index (χ2v) is 10.4. The van der Waals surface area contributed by atoms with Crippen LogP contribution in [0.15, 0.2) is 97.7 Å². The van der Waals surface area contributed by atoms with E-state index >= 15 is 0 Å². The van der Waals surface area contributed by atoms with E-state index in [2.05, 4.69) is 35.5 Å². The summed E-state index contributed by atoms with van der Waals surface area (Å²) < 4.78 is 47.8. The third-order valence-electron chi connectivity index (χ3n) is 7.34. The number of carbonyl (C=O) groups excluding carboxylic acids is 1. The van der Waals surface area contributed by atoms with Gasteiger partial charge in [0.1, 0.15) is 11.6 Å². The van der Waals surface area contributed by atoms with E-state index in [1.54, 1.807) is 36.7 Å². The summed E-state index contributed by atoms with van der Waals surface area (Å²) >= 11 is 0. The number of fused-ring (bicyclic) bond motifs is 1. The minimum atomic E-state index is -4.59. The molecule has 2 N–H and O–H groups in total. The number of imidazole rings is 1. The summed E-state index contributed by atoms with van der Waals surface area (Å²) in [6.45, 7) is 1.99. The van der Waals surface area contributed by atoms with Gasteiger partial charge in [0.2, 0.25) is 0 Å². The highest BCUT2D eigenvalue weighted by Crippen LogP contribution is 2.36. The van der Waals surface area contributed by atoms with Gasteiger partial charge in [-0.1, -0.05) is 12.1 Å². The molecule has 14 heteroatoms. The fraction of sp³-hybridized carbons (Fsp3) is 0.125. The third kappa shape index (κ3) is 6.00. The number of ether oxygens (including phenoxy) is 1. The molecule has 1 fully saturated rings. The standard InChI is InChI=1S/C32H24F3N9O2/c33-32(34,35)22-6-9-25(21-3-1-12-36-16-21)26(15-22)41-30(45)40-23-17-38-31(39-18-23)46-24-7-4-20(5-8-24)27-19-37-28-10-11-29(42-44(27)28)43-13-2-14-43/h1,3-12,15-19H,2,13-14H2,(H2,40,41,45). The van der Waals surface area contributed by atoms with Crippen molar-refractivity contribution < 1.29 is 22.7 Å². The molecule has 11 nitrogen and oxygen atoms in total. The van der Waals surface area contributed by atoms with E-state index in [0.29, 0.717) is 16.9 Å². The molecule has 1 aliphatic rings. The minimum absolute atomic E-state index is 0.0334. The monoisotopic (exact) mass is 623 g/mol. The highest BCUT2D eigenvalue weighted by atomic mass is 19.4. The lowest BCUT2D eigenvalue weighted by molar-refractivity contribution is -0.137. The molecule has 0 unspecified atom stereocenters. The highest BCUT2D eigenvalue weighted by Gasteiger charge is 2.31. The lowest BCUT2D eigenvalue weighted by Gasteiger charge is -2.31. The van der Waals surface area contributed by atoms with E-state index in [1.807, 2.05) is 28.8 Å². The smallest absolute Gasteiger partial charge is 0.416 e. The Bertz CT molecular complexity index is 2010. The second-order valence-electron chi connectivity index (χ2n) is 10.4. The van der Waals surface area contributed by atoms with Crippen LogP contribution in [0, 0.1) is 0 Å². The Morgan fingerprint density at radius 2 is 1.65 bits per heavy atom. The number of aromatic nitrogens is 6. The first-order valence-corrected chi connectivity index (χ1v) is 14.2. The van der Waals surface area contributed by atoms with Crippen LogP contribution in [0.1, 0.15) is 12.0 Å². The van der Waals surface area contributed by atoms with Crippen LogP contribution in [-0.2, 0) is 6.18 Å². The minimum Gasteiger partial charge on any atom is -0.424 e. The number of nitrogens with zero attached hydrogens (tertiary/aromatic N) is 7. The van der Waals surface area contributed by atoms with Gasteiger partial charge in [-0.05, 0) is 61.0 Å². The van der Waals surface area contributed by atoms with Gasteiger partial charge in [-0.3, -0.25) is 4.98 Å². The van der Waals surface area contributed by atoms with E-state index in [9.17, 15) is 18.0 Å². The number of alkyl halides is 3. The van der Waals surface area contributed by atoms with E-state index in [0.717, 1.165) is 54.4 Å². The molecule has 0 aliphatic carbocycles. The number of urea groups is 1. The summed E-state index contributed by atoms with van der Waals surface area (Å²) in [5.74, 6) is 1.40. The van der Waals surface area contributed by atoms with Crippen molar-refractivity contribution in [2.45, 2.75) is 12.6 Å². The fourth-order valence-electron chi connectivity index (χ4n) is 4.89. The predicted molar refractivity (Wildman–Crippen MR) is 165 cm³/mol. The summed E-state index contributed by atoms with van der Waals surface area (Å²) in [6.07, 6.45) is 4.03. The molecule has 0 radical (unpaired) electrons. The number of rotatable bonds is 7. The van der Waals surface area contributed by atoms with Gasteiger partial charge in [0.15, 0.2) is 5.65 Å². The number of carbonyl (C=O) groups is 1. The van der Waals surface area contributed by atoms with Crippen molar-refractivity contribution in [3.05, 3.63) is 103 Å². The van der Waals surface area contributed by atoms with Crippen molar-refractivity contribution in [3.8, 4) is 34.1 Å². The Labute approximate surface area is 259 Å². The van der Waals surface area contributed by atoms with Crippen LogP contribution in [0.3, 0.4) is 0 Å². The lowest BCUT2D eigenvalue weighted by Crippen LogP contribution is -2.37. The number of nitrogens with one attached hydrogen (secondary N) is 2. The summed E-state index contributed by atoms with van der Waals surface area (Å²) in [6, 6.07) is 16.9. The molecular formula is C32H24F3N9O2. The lowest BCUT2D eigenvalue weighted by atomic mass is 10.0. The average Bonchev–Trinajstić information content (AvgIpc) is 3.45. The Balaban J connectivity index is 1.01. The molecule has 0 saturated carbocycles. The fourth-order valence-corrected chi connectivity index (χ4v) is 4.89. The van der Waals surface area contributed by atoms with Crippen LogP contribution >= 0.6 is 0 Å².